The van der Waals surface area contributed by atoms with E-state index in [9.17, 15) is 30.1 Å². The SMILES string of the molecule is CCC(C)c1cc([N+](=O)[O-])cc([N+](=O)[O-])c1O.CN(C)C(=O)Nc1ccc(Cl)c(Cl)c1. The van der Waals surface area contributed by atoms with E-state index in [0.29, 0.717) is 22.2 Å². The second kappa shape index (κ2) is 11.3. The molecule has 10 nitrogen and oxygen atoms in total. The molecule has 0 spiro atoms. The van der Waals surface area contributed by atoms with Gasteiger partial charge in [-0.15, -0.1) is 0 Å². The number of nitrogens with zero attached hydrogens (tertiary/aromatic N) is 3. The molecular formula is C19H22Cl2N4O6. The molecule has 0 saturated carbocycles. The highest BCUT2D eigenvalue weighted by Crippen LogP contribution is 2.39. The number of hydrogen-bond donors (Lipinski definition) is 2. The summed E-state index contributed by atoms with van der Waals surface area (Å²) in [7, 11) is 3.32. The van der Waals surface area contributed by atoms with Crippen molar-refractivity contribution < 1.29 is 19.7 Å². The van der Waals surface area contributed by atoms with E-state index < -0.39 is 21.3 Å². The van der Waals surface area contributed by atoms with Crippen molar-refractivity contribution in [3.05, 3.63) is 66.2 Å². The first-order valence-electron chi connectivity index (χ1n) is 8.98. The summed E-state index contributed by atoms with van der Waals surface area (Å²) in [6.45, 7) is 3.57. The van der Waals surface area contributed by atoms with Gasteiger partial charge in [0.15, 0.2) is 5.75 Å². The zero-order chi connectivity index (χ0) is 23.9. The van der Waals surface area contributed by atoms with Crippen molar-refractivity contribution in [2.75, 3.05) is 19.4 Å². The Morgan fingerprint density at radius 2 is 1.74 bits per heavy atom. The first kappa shape index (κ1) is 25.9. The zero-order valence-corrected chi connectivity index (χ0v) is 18.8. The van der Waals surface area contributed by atoms with E-state index in [1.165, 1.54) is 11.0 Å². The minimum atomic E-state index is -0.825. The number of nitro groups is 2. The Morgan fingerprint density at radius 1 is 1.13 bits per heavy atom. The summed E-state index contributed by atoms with van der Waals surface area (Å²) in [4.78, 5) is 32.5. The molecule has 0 radical (unpaired) electrons. The Balaban J connectivity index is 0.000000316. The molecule has 2 N–H and O–H groups in total. The molecule has 0 aliphatic heterocycles. The Bertz CT molecular complexity index is 984. The van der Waals surface area contributed by atoms with Gasteiger partial charge in [-0.1, -0.05) is 37.0 Å². The van der Waals surface area contributed by atoms with E-state index in [2.05, 4.69) is 5.32 Å². The molecule has 0 fully saturated rings. The summed E-state index contributed by atoms with van der Waals surface area (Å²) in [6, 6.07) is 6.66. The monoisotopic (exact) mass is 472 g/mol. The number of nitro benzene ring substituents is 2. The lowest BCUT2D eigenvalue weighted by Crippen LogP contribution is -2.27. The number of halogens is 2. The van der Waals surface area contributed by atoms with Gasteiger partial charge in [-0.05, 0) is 30.5 Å². The van der Waals surface area contributed by atoms with Gasteiger partial charge in [0.05, 0.1) is 26.0 Å². The molecule has 2 aromatic carbocycles. The summed E-state index contributed by atoms with van der Waals surface area (Å²) < 4.78 is 0. The van der Waals surface area contributed by atoms with E-state index in [1.807, 2.05) is 6.92 Å². The molecule has 12 heteroatoms. The highest BCUT2D eigenvalue weighted by atomic mass is 35.5. The second-order valence-corrected chi connectivity index (χ2v) is 7.49. The number of hydrogen-bond acceptors (Lipinski definition) is 6. The van der Waals surface area contributed by atoms with Crippen LogP contribution >= 0.6 is 23.2 Å². The highest BCUT2D eigenvalue weighted by molar-refractivity contribution is 6.42. The molecular weight excluding hydrogens is 451 g/mol. The molecule has 0 aliphatic rings. The smallest absolute Gasteiger partial charge is 0.321 e. The average Bonchev–Trinajstić information content (AvgIpc) is 2.70. The van der Waals surface area contributed by atoms with Crippen LogP contribution in [0.1, 0.15) is 31.7 Å². The number of phenols is 1. The molecule has 0 saturated heterocycles. The van der Waals surface area contributed by atoms with Gasteiger partial charge in [0.2, 0.25) is 0 Å². The summed E-state index contributed by atoms with van der Waals surface area (Å²) >= 11 is 11.5. The Hall–Kier alpha value is -3.11. The topological polar surface area (TPSA) is 139 Å². The number of benzene rings is 2. The van der Waals surface area contributed by atoms with Crippen LogP contribution in [-0.4, -0.2) is 40.0 Å². The molecule has 31 heavy (non-hydrogen) atoms. The number of rotatable bonds is 5. The molecule has 0 aliphatic carbocycles. The first-order valence-corrected chi connectivity index (χ1v) is 9.73. The fourth-order valence-electron chi connectivity index (χ4n) is 2.27. The van der Waals surface area contributed by atoms with Gasteiger partial charge >= 0.3 is 11.7 Å². The van der Waals surface area contributed by atoms with Gasteiger partial charge in [0.25, 0.3) is 5.69 Å². The number of carbonyl (C=O) groups is 1. The minimum absolute atomic E-state index is 0.186. The lowest BCUT2D eigenvalue weighted by Gasteiger charge is -2.12. The molecule has 0 heterocycles. The van der Waals surface area contributed by atoms with Crippen LogP contribution in [0.4, 0.5) is 21.9 Å². The van der Waals surface area contributed by atoms with Crippen LogP contribution in [-0.2, 0) is 0 Å². The number of aromatic hydroxyl groups is 1. The van der Waals surface area contributed by atoms with Gasteiger partial charge < -0.3 is 15.3 Å². The van der Waals surface area contributed by atoms with Crippen molar-refractivity contribution in [2.24, 2.45) is 0 Å². The maximum atomic E-state index is 11.2. The van der Waals surface area contributed by atoms with Crippen LogP contribution in [0, 0.1) is 20.2 Å². The minimum Gasteiger partial charge on any atom is -0.502 e. The molecule has 1 atom stereocenters. The average molecular weight is 473 g/mol. The first-order chi connectivity index (χ1) is 14.4. The molecule has 0 aromatic heterocycles. The largest absolute Gasteiger partial charge is 0.502 e. The lowest BCUT2D eigenvalue weighted by atomic mass is 9.96. The van der Waals surface area contributed by atoms with Crippen LogP contribution in [0.2, 0.25) is 10.0 Å². The third kappa shape index (κ3) is 7.26. The van der Waals surface area contributed by atoms with E-state index in [-0.39, 0.29) is 23.2 Å². The predicted molar refractivity (Wildman–Crippen MR) is 119 cm³/mol. The molecule has 0 bridgehead atoms. The van der Waals surface area contributed by atoms with Crippen LogP contribution in [0.3, 0.4) is 0 Å². The van der Waals surface area contributed by atoms with E-state index in [4.69, 9.17) is 23.2 Å². The highest BCUT2D eigenvalue weighted by Gasteiger charge is 2.25. The van der Waals surface area contributed by atoms with Crippen LogP contribution in [0.5, 0.6) is 5.75 Å². The molecule has 2 amide bonds. The number of amides is 2. The molecule has 1 unspecified atom stereocenters. The number of anilines is 1. The second-order valence-electron chi connectivity index (χ2n) is 6.68. The van der Waals surface area contributed by atoms with Crippen molar-refractivity contribution in [1.29, 1.82) is 0 Å². The third-order valence-corrected chi connectivity index (χ3v) is 4.97. The molecule has 168 valence electrons. The summed E-state index contributed by atoms with van der Waals surface area (Å²) in [6.07, 6.45) is 0.617. The molecule has 2 rings (SSSR count). The lowest BCUT2D eigenvalue weighted by molar-refractivity contribution is -0.394. The van der Waals surface area contributed by atoms with E-state index in [0.717, 1.165) is 6.07 Å². The summed E-state index contributed by atoms with van der Waals surface area (Å²) in [5, 5.41) is 34.6. The normalized spacial score (nSPS) is 11.0. The zero-order valence-electron chi connectivity index (χ0n) is 17.3. The van der Waals surface area contributed by atoms with Crippen molar-refractivity contribution in [1.82, 2.24) is 4.90 Å². The van der Waals surface area contributed by atoms with Crippen LogP contribution in [0.25, 0.3) is 0 Å². The number of carbonyl (C=O) groups excluding carboxylic acids is 1. The fraction of sp³-hybridized carbons (Fsp3) is 0.316. The van der Waals surface area contributed by atoms with Gasteiger partial charge in [-0.25, -0.2) is 4.79 Å². The number of urea groups is 1. The van der Waals surface area contributed by atoms with E-state index in [1.54, 1.807) is 39.2 Å². The van der Waals surface area contributed by atoms with Gasteiger partial charge in [0.1, 0.15) is 0 Å². The standard InChI is InChI=1S/C10H12N2O5.C9H10Cl2N2O/c1-3-6(2)8-4-7(11(14)15)5-9(10(8)13)12(16)17;1-13(2)9(14)12-6-3-4-7(10)8(11)5-6/h4-6,13H,3H2,1-2H3;3-5H,1-2H3,(H,12,14). The van der Waals surface area contributed by atoms with Gasteiger partial charge in [-0.3, -0.25) is 20.2 Å². The van der Waals surface area contributed by atoms with Crippen molar-refractivity contribution in [2.45, 2.75) is 26.2 Å². The van der Waals surface area contributed by atoms with Crippen molar-refractivity contribution >= 4 is 46.3 Å². The fourth-order valence-corrected chi connectivity index (χ4v) is 2.57. The Kier molecular flexibility index (Phi) is 9.47. The van der Waals surface area contributed by atoms with Crippen molar-refractivity contribution in [3.63, 3.8) is 0 Å². The molecule has 2 aromatic rings. The van der Waals surface area contributed by atoms with E-state index >= 15 is 0 Å². The summed E-state index contributed by atoms with van der Waals surface area (Å²) in [5.74, 6) is -0.677. The number of phenolic OH excluding ortho intramolecular Hbond substituents is 1. The maximum absolute atomic E-state index is 11.2. The van der Waals surface area contributed by atoms with Crippen LogP contribution in [0.15, 0.2) is 30.3 Å². The quantitative estimate of drug-likeness (QED) is 0.415. The predicted octanol–water partition coefficient (Wildman–Crippen LogP) is 5.81. The van der Waals surface area contributed by atoms with Crippen LogP contribution < -0.4 is 5.32 Å². The Morgan fingerprint density at radius 3 is 2.19 bits per heavy atom. The summed E-state index contributed by atoms with van der Waals surface area (Å²) in [5.41, 5.74) is -0.161. The van der Waals surface area contributed by atoms with Gasteiger partial charge in [0, 0.05) is 31.4 Å². The van der Waals surface area contributed by atoms with Gasteiger partial charge in [-0.2, -0.15) is 0 Å². The maximum Gasteiger partial charge on any atom is 0.321 e. The number of nitrogens with one attached hydrogen (secondary N) is 1. The van der Waals surface area contributed by atoms with Crippen molar-refractivity contribution in [3.8, 4) is 5.75 Å². The number of non-ortho nitro benzene ring substituents is 1. The Labute approximate surface area is 188 Å². The third-order valence-electron chi connectivity index (χ3n) is 4.23.